The monoisotopic (exact) mass is 348 g/mol. The molecule has 0 saturated carbocycles. The summed E-state index contributed by atoms with van der Waals surface area (Å²) in [6.07, 6.45) is 5.45. The molecule has 0 saturated heterocycles. The minimum atomic E-state index is 0.613. The molecule has 0 amide bonds. The van der Waals surface area contributed by atoms with Crippen LogP contribution in [0.15, 0.2) is 42.5 Å². The summed E-state index contributed by atoms with van der Waals surface area (Å²) in [7, 11) is 0. The number of hydrogen-bond donors (Lipinski definition) is 0. The van der Waals surface area contributed by atoms with Crippen LogP contribution in [0.4, 0.5) is 0 Å². The molecule has 0 bridgehead atoms. The van der Waals surface area contributed by atoms with Crippen molar-refractivity contribution in [3.63, 3.8) is 0 Å². The lowest BCUT2D eigenvalue weighted by atomic mass is 9.76. The molecule has 2 heteroatoms. The van der Waals surface area contributed by atoms with Crippen LogP contribution in [0.1, 0.15) is 68.1 Å². The highest BCUT2D eigenvalue weighted by Gasteiger charge is 2.23. The van der Waals surface area contributed by atoms with Crippen molar-refractivity contribution >= 4 is 23.2 Å². The summed E-state index contributed by atoms with van der Waals surface area (Å²) in [5.74, 6) is 1.62. The van der Waals surface area contributed by atoms with Gasteiger partial charge in [-0.15, -0.1) is 0 Å². The van der Waals surface area contributed by atoms with Gasteiger partial charge in [0, 0.05) is 0 Å². The summed E-state index contributed by atoms with van der Waals surface area (Å²) < 4.78 is 0. The molecule has 0 aromatic heterocycles. The lowest BCUT2D eigenvalue weighted by Gasteiger charge is -2.29. The first-order valence-electron chi connectivity index (χ1n) is 8.53. The summed E-state index contributed by atoms with van der Waals surface area (Å²) in [6.45, 7) is 6.63. The molecule has 2 aromatic carbocycles. The van der Waals surface area contributed by atoms with Crippen LogP contribution in [-0.2, 0) is 0 Å². The Morgan fingerprint density at radius 2 is 1.65 bits per heavy atom. The Balaban J connectivity index is 0.000000185. The van der Waals surface area contributed by atoms with Crippen molar-refractivity contribution in [2.45, 2.75) is 58.3 Å². The van der Waals surface area contributed by atoms with Crippen LogP contribution >= 0.6 is 23.2 Å². The zero-order valence-corrected chi connectivity index (χ0v) is 15.8. The Hall–Kier alpha value is -0.980. The average Bonchev–Trinajstić information content (AvgIpc) is 2.55. The lowest BCUT2D eigenvalue weighted by molar-refractivity contribution is 0.475. The maximum Gasteiger partial charge on any atom is 0.0594 e. The zero-order chi connectivity index (χ0) is 16.8. The minimum absolute atomic E-state index is 0.613. The van der Waals surface area contributed by atoms with E-state index in [1.807, 2.05) is 19.1 Å². The molecule has 1 aliphatic rings. The molecule has 2 unspecified atom stereocenters. The Morgan fingerprint density at radius 1 is 0.957 bits per heavy atom. The van der Waals surface area contributed by atoms with Crippen LogP contribution in [0.25, 0.3) is 0 Å². The molecule has 2 aromatic rings. The van der Waals surface area contributed by atoms with E-state index in [0.717, 1.165) is 17.4 Å². The van der Waals surface area contributed by atoms with Crippen LogP contribution in [0.2, 0.25) is 10.0 Å². The van der Waals surface area contributed by atoms with Crippen LogP contribution in [0, 0.1) is 6.92 Å². The molecule has 0 N–H and O–H groups in total. The minimum Gasteiger partial charge on any atom is -0.0827 e. The van der Waals surface area contributed by atoms with Gasteiger partial charge in [-0.1, -0.05) is 73.8 Å². The lowest BCUT2D eigenvalue weighted by Crippen LogP contribution is -2.12. The van der Waals surface area contributed by atoms with E-state index in [0.29, 0.717) is 10.0 Å². The third-order valence-electron chi connectivity index (χ3n) is 4.63. The summed E-state index contributed by atoms with van der Waals surface area (Å²) in [4.78, 5) is 0. The van der Waals surface area contributed by atoms with Crippen LogP contribution in [0.5, 0.6) is 0 Å². The fourth-order valence-corrected chi connectivity index (χ4v) is 3.70. The third kappa shape index (κ3) is 4.99. The largest absolute Gasteiger partial charge is 0.0827 e. The SMILES string of the molecule is CCCC1CCC(C)c2ccccc21.Cc1ccc(Cl)c(Cl)c1. The van der Waals surface area contributed by atoms with Crippen LogP contribution in [-0.4, -0.2) is 0 Å². The number of fused-ring (bicyclic) bond motifs is 1. The van der Waals surface area contributed by atoms with E-state index < -0.39 is 0 Å². The number of rotatable bonds is 2. The first-order valence-corrected chi connectivity index (χ1v) is 9.29. The molecule has 23 heavy (non-hydrogen) atoms. The number of hydrogen-bond acceptors (Lipinski definition) is 0. The smallest absolute Gasteiger partial charge is 0.0594 e. The second-order valence-corrected chi connectivity index (χ2v) is 7.32. The van der Waals surface area contributed by atoms with Crippen LogP contribution < -0.4 is 0 Å². The molecule has 3 rings (SSSR count). The first kappa shape index (κ1) is 18.4. The van der Waals surface area contributed by atoms with Gasteiger partial charge in [-0.3, -0.25) is 0 Å². The average molecular weight is 349 g/mol. The molecule has 2 atom stereocenters. The van der Waals surface area contributed by atoms with E-state index in [1.165, 1.54) is 25.7 Å². The number of aryl methyl sites for hydroxylation is 1. The molecule has 0 heterocycles. The third-order valence-corrected chi connectivity index (χ3v) is 5.37. The van der Waals surface area contributed by atoms with Gasteiger partial charge >= 0.3 is 0 Å². The highest BCUT2D eigenvalue weighted by Crippen LogP contribution is 2.40. The van der Waals surface area contributed by atoms with Crippen LogP contribution in [0.3, 0.4) is 0 Å². The van der Waals surface area contributed by atoms with E-state index >= 15 is 0 Å². The molecule has 1 aliphatic carbocycles. The number of halogens is 2. The molecular formula is C21H26Cl2. The van der Waals surface area contributed by atoms with Gasteiger partial charge in [0.2, 0.25) is 0 Å². The standard InChI is InChI=1S/C14H20.C7H6Cl2/c1-3-6-12-10-9-11(2)13-7-4-5-8-14(12)13;1-5-2-3-6(8)7(9)4-5/h4-5,7-8,11-12H,3,6,9-10H2,1-2H3;2-4H,1H3. The Bertz CT molecular complexity index is 633. The van der Waals surface area contributed by atoms with Gasteiger partial charge in [-0.05, 0) is 66.8 Å². The Kier molecular flexibility index (Phi) is 6.99. The van der Waals surface area contributed by atoms with Crippen molar-refractivity contribution in [3.8, 4) is 0 Å². The van der Waals surface area contributed by atoms with Gasteiger partial charge in [0.05, 0.1) is 10.0 Å². The van der Waals surface area contributed by atoms with Gasteiger partial charge < -0.3 is 0 Å². The fourth-order valence-electron chi connectivity index (χ4n) is 3.34. The summed E-state index contributed by atoms with van der Waals surface area (Å²) in [5, 5.41) is 1.24. The molecule has 124 valence electrons. The molecule has 0 spiro atoms. The molecule has 0 aliphatic heterocycles. The van der Waals surface area contributed by atoms with Crippen molar-refractivity contribution in [2.24, 2.45) is 0 Å². The van der Waals surface area contributed by atoms with E-state index in [1.54, 1.807) is 17.2 Å². The molecule has 0 nitrogen and oxygen atoms in total. The quantitative estimate of drug-likeness (QED) is 0.519. The Labute approximate surface area is 150 Å². The summed E-state index contributed by atoms with van der Waals surface area (Å²) >= 11 is 11.3. The van der Waals surface area contributed by atoms with Crippen molar-refractivity contribution in [3.05, 3.63) is 69.2 Å². The zero-order valence-electron chi connectivity index (χ0n) is 14.3. The first-order chi connectivity index (χ1) is 11.0. The van der Waals surface area contributed by atoms with E-state index in [-0.39, 0.29) is 0 Å². The second kappa shape index (κ2) is 8.76. The molecular weight excluding hydrogens is 323 g/mol. The maximum atomic E-state index is 5.68. The van der Waals surface area contributed by atoms with Gasteiger partial charge in [0.1, 0.15) is 0 Å². The van der Waals surface area contributed by atoms with Crippen molar-refractivity contribution in [1.82, 2.24) is 0 Å². The van der Waals surface area contributed by atoms with E-state index in [4.69, 9.17) is 23.2 Å². The van der Waals surface area contributed by atoms with Crippen molar-refractivity contribution in [1.29, 1.82) is 0 Å². The van der Waals surface area contributed by atoms with Crippen molar-refractivity contribution < 1.29 is 0 Å². The summed E-state index contributed by atoms with van der Waals surface area (Å²) in [5.41, 5.74) is 4.37. The summed E-state index contributed by atoms with van der Waals surface area (Å²) in [6, 6.07) is 14.6. The van der Waals surface area contributed by atoms with E-state index in [2.05, 4.69) is 38.1 Å². The highest BCUT2D eigenvalue weighted by molar-refractivity contribution is 6.41. The second-order valence-electron chi connectivity index (χ2n) is 6.51. The normalized spacial score (nSPS) is 19.5. The van der Waals surface area contributed by atoms with Gasteiger partial charge in [-0.25, -0.2) is 0 Å². The molecule has 0 fully saturated rings. The predicted molar refractivity (Wildman–Crippen MR) is 103 cm³/mol. The highest BCUT2D eigenvalue weighted by atomic mass is 35.5. The predicted octanol–water partition coefficient (Wildman–Crippen LogP) is 7.77. The molecule has 0 radical (unpaired) electrons. The van der Waals surface area contributed by atoms with E-state index in [9.17, 15) is 0 Å². The van der Waals surface area contributed by atoms with Gasteiger partial charge in [0.15, 0.2) is 0 Å². The van der Waals surface area contributed by atoms with Gasteiger partial charge in [-0.2, -0.15) is 0 Å². The maximum absolute atomic E-state index is 5.68. The Morgan fingerprint density at radius 3 is 2.26 bits per heavy atom. The number of benzene rings is 2. The topological polar surface area (TPSA) is 0 Å². The van der Waals surface area contributed by atoms with Crippen molar-refractivity contribution in [2.75, 3.05) is 0 Å². The van der Waals surface area contributed by atoms with Gasteiger partial charge in [0.25, 0.3) is 0 Å². The fraction of sp³-hybridized carbons (Fsp3) is 0.429.